The molecule has 0 bridgehead atoms. The topological polar surface area (TPSA) is 78.2 Å². The fourth-order valence-electron chi connectivity index (χ4n) is 0.929. The van der Waals surface area contributed by atoms with Gasteiger partial charge in [0.05, 0.1) is 4.92 Å². The van der Waals surface area contributed by atoms with E-state index in [-0.39, 0.29) is 29.2 Å². The molecule has 0 radical (unpaired) electrons. The molecule has 7 heteroatoms. The van der Waals surface area contributed by atoms with E-state index in [1.165, 1.54) is 6.92 Å². The van der Waals surface area contributed by atoms with Crippen molar-refractivity contribution in [3.8, 4) is 18.2 Å². The van der Waals surface area contributed by atoms with Crippen molar-refractivity contribution in [2.75, 3.05) is 6.61 Å². The van der Waals surface area contributed by atoms with E-state index >= 15 is 0 Å². The summed E-state index contributed by atoms with van der Waals surface area (Å²) >= 11 is 5.53. The molecule has 1 rings (SSSR count). The first-order chi connectivity index (χ1) is 7.06. The van der Waals surface area contributed by atoms with Crippen LogP contribution in [0.3, 0.4) is 0 Å². The van der Waals surface area contributed by atoms with Gasteiger partial charge in [0.2, 0.25) is 5.28 Å². The number of nitro groups is 1. The molecule has 0 N–H and O–H groups in total. The molecule has 15 heavy (non-hydrogen) atoms. The molecule has 0 fully saturated rings. The van der Waals surface area contributed by atoms with Gasteiger partial charge in [0, 0.05) is 0 Å². The smallest absolute Gasteiger partial charge is 0.352 e. The van der Waals surface area contributed by atoms with Gasteiger partial charge >= 0.3 is 5.69 Å². The van der Waals surface area contributed by atoms with E-state index in [1.807, 2.05) is 0 Å². The number of nitrogens with zero attached hydrogens (tertiary/aromatic N) is 3. The zero-order valence-corrected chi connectivity index (χ0v) is 8.48. The Balaban J connectivity index is 3.22. The Kier molecular flexibility index (Phi) is 3.42. The summed E-state index contributed by atoms with van der Waals surface area (Å²) in [7, 11) is 0. The van der Waals surface area contributed by atoms with Crippen molar-refractivity contribution in [2.45, 2.75) is 6.92 Å². The maximum atomic E-state index is 10.7. The number of halogens is 1. The van der Waals surface area contributed by atoms with Crippen molar-refractivity contribution in [3.63, 3.8) is 0 Å². The molecule has 1 aromatic heterocycles. The summed E-state index contributed by atoms with van der Waals surface area (Å²) in [4.78, 5) is 17.3. The molecule has 0 aliphatic heterocycles. The lowest BCUT2D eigenvalue weighted by atomic mass is 10.4. The molecule has 0 aliphatic carbocycles. The van der Waals surface area contributed by atoms with Crippen LogP contribution in [0.25, 0.3) is 0 Å². The van der Waals surface area contributed by atoms with Gasteiger partial charge in [0.25, 0.3) is 5.88 Å². The van der Waals surface area contributed by atoms with Crippen LogP contribution in [0.1, 0.15) is 5.69 Å². The Hall–Kier alpha value is -1.87. The number of ether oxygens (including phenoxy) is 1. The van der Waals surface area contributed by atoms with E-state index in [9.17, 15) is 10.1 Å². The molecule has 0 atom stereocenters. The Morgan fingerprint density at radius 2 is 2.33 bits per heavy atom. The number of hydrogen-bond donors (Lipinski definition) is 0. The molecule has 1 heterocycles. The average molecular weight is 228 g/mol. The van der Waals surface area contributed by atoms with Crippen LogP contribution in [0.5, 0.6) is 5.88 Å². The molecule has 1 aromatic rings. The molecular weight excluding hydrogens is 222 g/mol. The fourth-order valence-corrected chi connectivity index (χ4v) is 1.13. The first kappa shape index (κ1) is 11.2. The van der Waals surface area contributed by atoms with E-state index in [0.717, 1.165) is 0 Å². The zero-order valence-electron chi connectivity index (χ0n) is 7.73. The summed E-state index contributed by atoms with van der Waals surface area (Å²) < 4.78 is 4.90. The average Bonchev–Trinajstić information content (AvgIpc) is 2.12. The van der Waals surface area contributed by atoms with E-state index in [2.05, 4.69) is 15.9 Å². The Labute approximate surface area is 90.4 Å². The molecular formula is C8H6ClN3O3. The number of terminal acetylenes is 1. The lowest BCUT2D eigenvalue weighted by Gasteiger charge is -2.03. The van der Waals surface area contributed by atoms with Crippen LogP contribution in [-0.4, -0.2) is 21.5 Å². The lowest BCUT2D eigenvalue weighted by Crippen LogP contribution is -2.04. The summed E-state index contributed by atoms with van der Waals surface area (Å²) in [6, 6.07) is 0. The van der Waals surface area contributed by atoms with Gasteiger partial charge in [-0.05, 0) is 18.5 Å². The summed E-state index contributed by atoms with van der Waals surface area (Å²) in [5.74, 6) is 1.96. The highest BCUT2D eigenvalue weighted by atomic mass is 35.5. The van der Waals surface area contributed by atoms with Gasteiger partial charge in [-0.2, -0.15) is 4.98 Å². The van der Waals surface area contributed by atoms with Gasteiger partial charge in [0.1, 0.15) is 5.69 Å². The molecule has 0 aliphatic rings. The standard InChI is InChI=1S/C8H6ClN3O3/c1-3-4-15-7-6(12(13)14)5(2)10-8(9)11-7/h1H,4H2,2H3. The minimum atomic E-state index is -0.641. The molecule has 0 spiro atoms. The van der Waals surface area contributed by atoms with Crippen LogP contribution in [0, 0.1) is 29.4 Å². The summed E-state index contributed by atoms with van der Waals surface area (Å²) in [5, 5.41) is 10.5. The Morgan fingerprint density at radius 1 is 1.67 bits per heavy atom. The van der Waals surface area contributed by atoms with Crippen LogP contribution in [-0.2, 0) is 0 Å². The highest BCUT2D eigenvalue weighted by Crippen LogP contribution is 2.28. The first-order valence-corrected chi connectivity index (χ1v) is 4.19. The second-order valence-corrected chi connectivity index (χ2v) is 2.82. The van der Waals surface area contributed by atoms with Gasteiger partial charge in [-0.1, -0.05) is 5.92 Å². The zero-order chi connectivity index (χ0) is 11.4. The monoisotopic (exact) mass is 227 g/mol. The van der Waals surface area contributed by atoms with Crippen LogP contribution in [0.15, 0.2) is 0 Å². The van der Waals surface area contributed by atoms with Gasteiger partial charge in [-0.3, -0.25) is 10.1 Å². The number of aryl methyl sites for hydroxylation is 1. The second kappa shape index (κ2) is 4.57. The summed E-state index contributed by atoms with van der Waals surface area (Å²) in [6.45, 7) is 1.32. The van der Waals surface area contributed by atoms with Gasteiger partial charge in [-0.15, -0.1) is 6.42 Å². The first-order valence-electron chi connectivity index (χ1n) is 3.81. The van der Waals surface area contributed by atoms with Gasteiger partial charge in [0.15, 0.2) is 6.61 Å². The van der Waals surface area contributed by atoms with Gasteiger partial charge in [-0.25, -0.2) is 4.98 Å². The third-order valence-corrected chi connectivity index (χ3v) is 1.64. The van der Waals surface area contributed by atoms with E-state index in [0.29, 0.717) is 0 Å². The third-order valence-electron chi connectivity index (χ3n) is 1.47. The van der Waals surface area contributed by atoms with Crippen LogP contribution in [0.2, 0.25) is 5.28 Å². The third kappa shape index (κ3) is 2.54. The van der Waals surface area contributed by atoms with Crippen molar-refractivity contribution in [3.05, 3.63) is 21.1 Å². The molecule has 0 unspecified atom stereocenters. The van der Waals surface area contributed by atoms with Crippen molar-refractivity contribution >= 4 is 17.3 Å². The van der Waals surface area contributed by atoms with Crippen molar-refractivity contribution in [1.29, 1.82) is 0 Å². The Morgan fingerprint density at radius 3 is 2.87 bits per heavy atom. The predicted octanol–water partition coefficient (Wildman–Crippen LogP) is 1.36. The fraction of sp³-hybridized carbons (Fsp3) is 0.250. The van der Waals surface area contributed by atoms with Crippen molar-refractivity contribution in [1.82, 2.24) is 9.97 Å². The number of rotatable bonds is 3. The van der Waals surface area contributed by atoms with Crippen LogP contribution in [0.4, 0.5) is 5.69 Å². The highest BCUT2D eigenvalue weighted by molar-refractivity contribution is 6.28. The largest absolute Gasteiger partial charge is 0.460 e. The molecule has 6 nitrogen and oxygen atoms in total. The van der Waals surface area contributed by atoms with E-state index < -0.39 is 4.92 Å². The van der Waals surface area contributed by atoms with Crippen molar-refractivity contribution in [2.24, 2.45) is 0 Å². The second-order valence-electron chi connectivity index (χ2n) is 2.48. The summed E-state index contributed by atoms with van der Waals surface area (Å²) in [5.41, 5.74) is -0.193. The highest BCUT2D eigenvalue weighted by Gasteiger charge is 2.22. The van der Waals surface area contributed by atoms with E-state index in [1.54, 1.807) is 0 Å². The molecule has 0 saturated carbocycles. The molecule has 0 saturated heterocycles. The predicted molar refractivity (Wildman–Crippen MR) is 52.8 cm³/mol. The van der Waals surface area contributed by atoms with Crippen LogP contribution < -0.4 is 4.74 Å². The lowest BCUT2D eigenvalue weighted by molar-refractivity contribution is -0.387. The summed E-state index contributed by atoms with van der Waals surface area (Å²) in [6.07, 6.45) is 4.96. The van der Waals surface area contributed by atoms with Gasteiger partial charge < -0.3 is 4.74 Å². The maximum absolute atomic E-state index is 10.7. The van der Waals surface area contributed by atoms with Crippen molar-refractivity contribution < 1.29 is 9.66 Å². The molecule has 0 aromatic carbocycles. The Bertz CT molecular complexity index is 441. The normalized spacial score (nSPS) is 9.40. The SMILES string of the molecule is C#CCOc1nc(Cl)nc(C)c1[N+](=O)[O-]. The van der Waals surface area contributed by atoms with E-state index in [4.69, 9.17) is 22.8 Å². The minimum Gasteiger partial charge on any atom is -0.460 e. The quantitative estimate of drug-likeness (QED) is 0.337. The molecule has 0 amide bonds. The maximum Gasteiger partial charge on any atom is 0.352 e. The minimum absolute atomic E-state index is 0.117. The number of aromatic nitrogens is 2. The molecule has 78 valence electrons. The number of hydrogen-bond acceptors (Lipinski definition) is 5. The van der Waals surface area contributed by atoms with Crippen LogP contribution >= 0.6 is 11.6 Å².